The first kappa shape index (κ1) is 14.1. The van der Waals surface area contributed by atoms with E-state index in [1.165, 1.54) is 0 Å². The van der Waals surface area contributed by atoms with Crippen molar-refractivity contribution in [3.8, 4) is 5.75 Å². The average molecular weight is 270 g/mol. The monoisotopic (exact) mass is 270 g/mol. The summed E-state index contributed by atoms with van der Waals surface area (Å²) in [6.07, 6.45) is 4.48. The summed E-state index contributed by atoms with van der Waals surface area (Å²) in [4.78, 5) is 15.7. The molecule has 0 aliphatic carbocycles. The van der Waals surface area contributed by atoms with E-state index in [4.69, 9.17) is 4.74 Å². The molecule has 1 N–H and O–H groups in total. The topological polar surface area (TPSA) is 51.2 Å². The van der Waals surface area contributed by atoms with Gasteiger partial charge in [0.15, 0.2) is 0 Å². The van der Waals surface area contributed by atoms with Crippen molar-refractivity contribution in [1.82, 2.24) is 4.98 Å². The van der Waals surface area contributed by atoms with Gasteiger partial charge in [0, 0.05) is 24.5 Å². The highest BCUT2D eigenvalue weighted by Crippen LogP contribution is 2.13. The molecule has 0 spiro atoms. The molecule has 2 aromatic rings. The molecule has 0 saturated heterocycles. The van der Waals surface area contributed by atoms with Crippen LogP contribution in [-0.4, -0.2) is 17.5 Å². The fourth-order valence-electron chi connectivity index (χ4n) is 1.84. The van der Waals surface area contributed by atoms with Gasteiger partial charge >= 0.3 is 0 Å². The molecule has 0 unspecified atom stereocenters. The molecule has 4 nitrogen and oxygen atoms in total. The van der Waals surface area contributed by atoms with E-state index in [2.05, 4.69) is 10.3 Å². The predicted octanol–water partition coefficient (Wildman–Crippen LogP) is 3.05. The molecule has 20 heavy (non-hydrogen) atoms. The molecule has 0 fully saturated rings. The molecule has 0 aliphatic heterocycles. The van der Waals surface area contributed by atoms with Crippen LogP contribution in [0.4, 0.5) is 5.69 Å². The van der Waals surface area contributed by atoms with Crippen molar-refractivity contribution in [1.29, 1.82) is 0 Å². The number of rotatable bonds is 6. The average Bonchev–Trinajstić information content (AvgIpc) is 2.48. The Kier molecular flexibility index (Phi) is 5.12. The van der Waals surface area contributed by atoms with Crippen molar-refractivity contribution in [3.05, 3.63) is 54.4 Å². The summed E-state index contributed by atoms with van der Waals surface area (Å²) in [5, 5.41) is 2.84. The van der Waals surface area contributed by atoms with Crippen LogP contribution in [0.15, 0.2) is 48.8 Å². The number of hydrogen-bond acceptors (Lipinski definition) is 3. The van der Waals surface area contributed by atoms with Crippen molar-refractivity contribution in [2.45, 2.75) is 19.8 Å². The summed E-state index contributed by atoms with van der Waals surface area (Å²) >= 11 is 0. The predicted molar refractivity (Wildman–Crippen MR) is 78.8 cm³/mol. The molecule has 1 heterocycles. The van der Waals surface area contributed by atoms with Gasteiger partial charge in [0.2, 0.25) is 5.91 Å². The van der Waals surface area contributed by atoms with Gasteiger partial charge in [0.1, 0.15) is 5.75 Å². The molecule has 104 valence electrons. The third-order valence-corrected chi connectivity index (χ3v) is 2.84. The van der Waals surface area contributed by atoms with Crippen LogP contribution in [0.3, 0.4) is 0 Å². The zero-order chi connectivity index (χ0) is 14.2. The number of aromatic nitrogens is 1. The minimum absolute atomic E-state index is 0.00471. The molecular weight excluding hydrogens is 252 g/mol. The van der Waals surface area contributed by atoms with E-state index in [0.29, 0.717) is 19.4 Å². The molecule has 0 saturated carbocycles. The second-order valence-corrected chi connectivity index (χ2v) is 4.36. The van der Waals surface area contributed by atoms with Crippen LogP contribution in [0.25, 0.3) is 0 Å². The summed E-state index contributed by atoms with van der Waals surface area (Å²) in [5.74, 6) is 0.863. The highest BCUT2D eigenvalue weighted by atomic mass is 16.5. The van der Waals surface area contributed by atoms with Gasteiger partial charge < -0.3 is 10.1 Å². The van der Waals surface area contributed by atoms with Gasteiger partial charge in [-0.3, -0.25) is 9.78 Å². The van der Waals surface area contributed by atoms with Crippen molar-refractivity contribution < 1.29 is 9.53 Å². The first-order valence-corrected chi connectivity index (χ1v) is 6.69. The number of pyridine rings is 1. The zero-order valence-corrected chi connectivity index (χ0v) is 11.5. The molecule has 0 radical (unpaired) electrons. The zero-order valence-electron chi connectivity index (χ0n) is 11.5. The van der Waals surface area contributed by atoms with Crippen LogP contribution in [0.5, 0.6) is 5.75 Å². The number of anilines is 1. The number of carbonyl (C=O) groups is 1. The molecule has 4 heteroatoms. The van der Waals surface area contributed by atoms with Crippen LogP contribution in [0, 0.1) is 0 Å². The van der Waals surface area contributed by atoms with Crippen molar-refractivity contribution in [2.75, 3.05) is 11.9 Å². The second-order valence-electron chi connectivity index (χ2n) is 4.36. The van der Waals surface area contributed by atoms with Gasteiger partial charge in [-0.15, -0.1) is 0 Å². The van der Waals surface area contributed by atoms with Gasteiger partial charge in [-0.2, -0.15) is 0 Å². The van der Waals surface area contributed by atoms with Gasteiger partial charge in [-0.05, 0) is 43.2 Å². The van der Waals surface area contributed by atoms with Crippen molar-refractivity contribution >= 4 is 11.6 Å². The largest absolute Gasteiger partial charge is 0.494 e. The molecule has 1 aromatic heterocycles. The quantitative estimate of drug-likeness (QED) is 0.877. The molecule has 0 atom stereocenters. The Labute approximate surface area is 118 Å². The lowest BCUT2D eigenvalue weighted by molar-refractivity contribution is -0.116. The maximum Gasteiger partial charge on any atom is 0.224 e. The van der Waals surface area contributed by atoms with Crippen LogP contribution >= 0.6 is 0 Å². The first-order chi connectivity index (χ1) is 9.78. The minimum Gasteiger partial charge on any atom is -0.494 e. The fourth-order valence-corrected chi connectivity index (χ4v) is 1.84. The summed E-state index contributed by atoms with van der Waals surface area (Å²) in [6.45, 7) is 2.62. The maximum absolute atomic E-state index is 11.8. The third-order valence-electron chi connectivity index (χ3n) is 2.84. The molecule has 1 amide bonds. The highest BCUT2D eigenvalue weighted by Gasteiger charge is 2.03. The van der Waals surface area contributed by atoms with Crippen LogP contribution in [0.1, 0.15) is 18.9 Å². The number of aryl methyl sites for hydroxylation is 1. The van der Waals surface area contributed by atoms with Crippen LogP contribution in [0.2, 0.25) is 0 Å². The number of ether oxygens (including phenoxy) is 1. The Balaban J connectivity index is 1.81. The van der Waals surface area contributed by atoms with Crippen LogP contribution in [-0.2, 0) is 11.2 Å². The Hall–Kier alpha value is -2.36. The van der Waals surface area contributed by atoms with Gasteiger partial charge in [0.25, 0.3) is 0 Å². The van der Waals surface area contributed by atoms with Crippen molar-refractivity contribution in [3.63, 3.8) is 0 Å². The minimum atomic E-state index is 0.00471. The number of benzene rings is 1. The Morgan fingerprint density at radius 1 is 1.15 bits per heavy atom. The van der Waals surface area contributed by atoms with Gasteiger partial charge in [-0.1, -0.05) is 12.1 Å². The summed E-state index contributed by atoms with van der Waals surface area (Å²) in [5.41, 5.74) is 1.90. The first-order valence-electron chi connectivity index (χ1n) is 6.69. The number of amides is 1. The number of carbonyl (C=O) groups excluding carboxylic acids is 1. The van der Waals surface area contributed by atoms with E-state index in [1.807, 2.05) is 31.2 Å². The lowest BCUT2D eigenvalue weighted by Crippen LogP contribution is -2.12. The maximum atomic E-state index is 11.8. The molecule has 2 rings (SSSR count). The molecule has 0 aliphatic rings. The fraction of sp³-hybridized carbons (Fsp3) is 0.250. The van der Waals surface area contributed by atoms with Crippen LogP contribution < -0.4 is 10.1 Å². The second kappa shape index (κ2) is 7.28. The van der Waals surface area contributed by atoms with Gasteiger partial charge in [0.05, 0.1) is 6.61 Å². The highest BCUT2D eigenvalue weighted by molar-refractivity contribution is 5.90. The molecular formula is C16H18N2O2. The van der Waals surface area contributed by atoms with E-state index in [-0.39, 0.29) is 5.91 Å². The van der Waals surface area contributed by atoms with E-state index in [0.717, 1.165) is 17.0 Å². The summed E-state index contributed by atoms with van der Waals surface area (Å²) in [6, 6.07) is 11.4. The Morgan fingerprint density at radius 2 is 1.85 bits per heavy atom. The number of hydrogen-bond donors (Lipinski definition) is 1. The Bertz CT molecular complexity index is 538. The third kappa shape index (κ3) is 4.39. The smallest absolute Gasteiger partial charge is 0.224 e. The number of nitrogens with zero attached hydrogens (tertiary/aromatic N) is 1. The van der Waals surface area contributed by atoms with E-state index in [1.54, 1.807) is 24.5 Å². The summed E-state index contributed by atoms with van der Waals surface area (Å²) in [7, 11) is 0. The SMILES string of the molecule is CCOc1ccc(CCC(=O)Nc2ccncc2)cc1. The summed E-state index contributed by atoms with van der Waals surface area (Å²) < 4.78 is 5.38. The Morgan fingerprint density at radius 3 is 2.50 bits per heavy atom. The standard InChI is InChI=1S/C16H18N2O2/c1-2-20-15-6-3-13(4-7-15)5-8-16(19)18-14-9-11-17-12-10-14/h3-4,6-7,9-12H,2,5,8H2,1H3,(H,17,18,19). The van der Waals surface area contributed by atoms with Gasteiger partial charge in [-0.25, -0.2) is 0 Å². The lowest BCUT2D eigenvalue weighted by Gasteiger charge is -2.06. The van der Waals surface area contributed by atoms with Crippen molar-refractivity contribution in [2.24, 2.45) is 0 Å². The van der Waals surface area contributed by atoms with E-state index in [9.17, 15) is 4.79 Å². The molecule has 1 aromatic carbocycles. The van der Waals surface area contributed by atoms with E-state index >= 15 is 0 Å². The van der Waals surface area contributed by atoms with E-state index < -0.39 is 0 Å². The molecule has 0 bridgehead atoms. The lowest BCUT2D eigenvalue weighted by atomic mass is 10.1. The number of nitrogens with one attached hydrogen (secondary N) is 1. The normalized spacial score (nSPS) is 10.1.